The summed E-state index contributed by atoms with van der Waals surface area (Å²) in [6.45, 7) is 0. The summed E-state index contributed by atoms with van der Waals surface area (Å²) in [6.07, 6.45) is 2.03. The average Bonchev–Trinajstić information content (AvgIpc) is 2.42. The van der Waals surface area contributed by atoms with E-state index in [1.54, 1.807) is 0 Å². The van der Waals surface area contributed by atoms with E-state index in [4.69, 9.17) is 11.6 Å². The molecule has 0 saturated heterocycles. The van der Waals surface area contributed by atoms with Gasteiger partial charge in [0, 0.05) is 11.1 Å². The average molecular weight is 273 g/mol. The highest BCUT2D eigenvalue weighted by molar-refractivity contribution is 6.31. The van der Waals surface area contributed by atoms with Crippen LogP contribution in [0, 0.1) is 6.07 Å². The third-order valence-corrected chi connectivity index (χ3v) is 3.74. The molecular weight excluding hydrogens is 254 g/mol. The van der Waals surface area contributed by atoms with Gasteiger partial charge in [-0.25, -0.2) is 0 Å². The molecular formula is C17H19ClN. The fourth-order valence-electron chi connectivity index (χ4n) is 2.34. The van der Waals surface area contributed by atoms with Gasteiger partial charge in [0.15, 0.2) is 0 Å². The van der Waals surface area contributed by atoms with Crippen molar-refractivity contribution in [3.8, 4) is 0 Å². The van der Waals surface area contributed by atoms with Crippen molar-refractivity contribution in [3.63, 3.8) is 0 Å². The van der Waals surface area contributed by atoms with Crippen LogP contribution < -0.4 is 0 Å². The fourth-order valence-corrected chi connectivity index (χ4v) is 2.56. The van der Waals surface area contributed by atoms with Gasteiger partial charge in [0.1, 0.15) is 0 Å². The van der Waals surface area contributed by atoms with E-state index < -0.39 is 0 Å². The number of hydrogen-bond donors (Lipinski definition) is 0. The standard InChI is InChI=1S/C17H19ClN/c1-19(2)17(15-9-4-3-5-10-15)13-12-14-8-6-7-11-16(14)18/h3-6,8-11,17H,12-13H2,1-2H3/t17-/m0/s1. The normalized spacial score (nSPS) is 12.6. The molecule has 0 fully saturated rings. The molecule has 0 N–H and O–H groups in total. The molecule has 99 valence electrons. The Hall–Kier alpha value is -1.31. The number of aryl methyl sites for hydroxylation is 1. The Labute approximate surface area is 120 Å². The Morgan fingerprint density at radius 1 is 1.16 bits per heavy atom. The quantitative estimate of drug-likeness (QED) is 0.781. The van der Waals surface area contributed by atoms with Crippen molar-refractivity contribution in [2.45, 2.75) is 18.9 Å². The minimum absolute atomic E-state index is 0.418. The predicted octanol–water partition coefficient (Wildman–Crippen LogP) is 4.38. The van der Waals surface area contributed by atoms with E-state index in [1.807, 2.05) is 12.1 Å². The summed E-state index contributed by atoms with van der Waals surface area (Å²) in [5, 5.41) is 0.813. The molecule has 0 spiro atoms. The van der Waals surface area contributed by atoms with Crippen molar-refractivity contribution < 1.29 is 0 Å². The van der Waals surface area contributed by atoms with Gasteiger partial charge in [0.2, 0.25) is 0 Å². The van der Waals surface area contributed by atoms with Crippen molar-refractivity contribution in [1.29, 1.82) is 0 Å². The van der Waals surface area contributed by atoms with Crippen LogP contribution in [0.25, 0.3) is 0 Å². The zero-order chi connectivity index (χ0) is 13.7. The first-order valence-corrected chi connectivity index (χ1v) is 6.92. The molecule has 1 nitrogen and oxygen atoms in total. The van der Waals surface area contributed by atoms with Crippen LogP contribution in [-0.2, 0) is 6.42 Å². The van der Waals surface area contributed by atoms with Crippen molar-refractivity contribution in [3.05, 3.63) is 70.7 Å². The molecule has 1 radical (unpaired) electrons. The Morgan fingerprint density at radius 2 is 1.89 bits per heavy atom. The SMILES string of the molecule is CN(C)[C@@H](CCc1cc[c]cc1Cl)c1ccccc1. The van der Waals surface area contributed by atoms with Crippen LogP contribution in [0.2, 0.25) is 5.02 Å². The summed E-state index contributed by atoms with van der Waals surface area (Å²) in [5.74, 6) is 0. The molecule has 0 bridgehead atoms. The lowest BCUT2D eigenvalue weighted by molar-refractivity contribution is 0.284. The molecule has 19 heavy (non-hydrogen) atoms. The Balaban J connectivity index is 2.09. The lowest BCUT2D eigenvalue weighted by Crippen LogP contribution is -2.20. The zero-order valence-electron chi connectivity index (χ0n) is 11.4. The molecule has 0 aromatic heterocycles. The van der Waals surface area contributed by atoms with E-state index in [2.05, 4.69) is 61.5 Å². The molecule has 0 saturated carbocycles. The second kappa shape index (κ2) is 6.74. The molecule has 0 heterocycles. The van der Waals surface area contributed by atoms with Gasteiger partial charge in [0.05, 0.1) is 0 Å². The van der Waals surface area contributed by atoms with Gasteiger partial charge in [-0.05, 0) is 50.2 Å². The zero-order valence-corrected chi connectivity index (χ0v) is 12.2. The second-order valence-electron chi connectivity index (χ2n) is 4.95. The van der Waals surface area contributed by atoms with Gasteiger partial charge in [-0.1, -0.05) is 54.1 Å². The molecule has 2 rings (SSSR count). The van der Waals surface area contributed by atoms with Gasteiger partial charge in [-0.2, -0.15) is 0 Å². The van der Waals surface area contributed by atoms with Crippen LogP contribution in [0.1, 0.15) is 23.6 Å². The summed E-state index contributed by atoms with van der Waals surface area (Å²) in [4.78, 5) is 2.26. The molecule has 2 aromatic carbocycles. The summed E-state index contributed by atoms with van der Waals surface area (Å²) in [7, 11) is 4.25. The lowest BCUT2D eigenvalue weighted by Gasteiger charge is -2.25. The van der Waals surface area contributed by atoms with E-state index in [-0.39, 0.29) is 0 Å². The minimum atomic E-state index is 0.418. The molecule has 0 amide bonds. The number of hydrogen-bond acceptors (Lipinski definition) is 1. The van der Waals surface area contributed by atoms with Crippen molar-refractivity contribution in [2.75, 3.05) is 14.1 Å². The number of halogens is 1. The Kier molecular flexibility index (Phi) is 5.00. The largest absolute Gasteiger partial charge is 0.302 e. The molecule has 1 atom stereocenters. The maximum Gasteiger partial charge on any atom is 0.0444 e. The molecule has 2 heteroatoms. The third kappa shape index (κ3) is 3.82. The maximum atomic E-state index is 6.19. The van der Waals surface area contributed by atoms with E-state index >= 15 is 0 Å². The van der Waals surface area contributed by atoms with E-state index in [0.717, 1.165) is 17.9 Å². The summed E-state index contributed by atoms with van der Waals surface area (Å²) in [5.41, 5.74) is 2.55. The van der Waals surface area contributed by atoms with Crippen molar-refractivity contribution in [2.24, 2.45) is 0 Å². The highest BCUT2D eigenvalue weighted by Gasteiger charge is 2.14. The Morgan fingerprint density at radius 3 is 2.53 bits per heavy atom. The number of rotatable bonds is 5. The summed E-state index contributed by atoms with van der Waals surface area (Å²) >= 11 is 6.19. The van der Waals surface area contributed by atoms with E-state index in [0.29, 0.717) is 6.04 Å². The Bertz CT molecular complexity index is 508. The first kappa shape index (κ1) is 14.1. The maximum absolute atomic E-state index is 6.19. The van der Waals surface area contributed by atoms with E-state index in [9.17, 15) is 0 Å². The fraction of sp³-hybridized carbons (Fsp3) is 0.294. The summed E-state index contributed by atoms with van der Waals surface area (Å²) in [6, 6.07) is 19.9. The highest BCUT2D eigenvalue weighted by Crippen LogP contribution is 2.25. The second-order valence-corrected chi connectivity index (χ2v) is 5.35. The highest BCUT2D eigenvalue weighted by atomic mass is 35.5. The lowest BCUT2D eigenvalue weighted by atomic mass is 9.98. The smallest absolute Gasteiger partial charge is 0.0444 e. The topological polar surface area (TPSA) is 3.24 Å². The third-order valence-electron chi connectivity index (χ3n) is 3.39. The predicted molar refractivity (Wildman–Crippen MR) is 81.5 cm³/mol. The number of nitrogens with zero attached hydrogens (tertiary/aromatic N) is 1. The van der Waals surface area contributed by atoms with Crippen LogP contribution >= 0.6 is 11.6 Å². The van der Waals surface area contributed by atoms with Gasteiger partial charge in [-0.3, -0.25) is 0 Å². The molecule has 0 aliphatic rings. The van der Waals surface area contributed by atoms with Crippen LogP contribution in [0.3, 0.4) is 0 Å². The summed E-state index contributed by atoms with van der Waals surface area (Å²) < 4.78 is 0. The van der Waals surface area contributed by atoms with Crippen LogP contribution in [0.15, 0.2) is 48.5 Å². The first-order chi connectivity index (χ1) is 9.18. The molecule has 0 unspecified atom stereocenters. The molecule has 0 aliphatic carbocycles. The van der Waals surface area contributed by atoms with E-state index in [1.165, 1.54) is 11.1 Å². The van der Waals surface area contributed by atoms with Gasteiger partial charge >= 0.3 is 0 Å². The van der Waals surface area contributed by atoms with Gasteiger partial charge in [-0.15, -0.1) is 0 Å². The monoisotopic (exact) mass is 272 g/mol. The van der Waals surface area contributed by atoms with Crippen LogP contribution in [0.4, 0.5) is 0 Å². The first-order valence-electron chi connectivity index (χ1n) is 6.54. The van der Waals surface area contributed by atoms with Crippen LogP contribution in [0.5, 0.6) is 0 Å². The number of benzene rings is 2. The molecule has 2 aromatic rings. The van der Waals surface area contributed by atoms with Crippen molar-refractivity contribution in [1.82, 2.24) is 4.90 Å². The van der Waals surface area contributed by atoms with Crippen LogP contribution in [-0.4, -0.2) is 19.0 Å². The van der Waals surface area contributed by atoms with Gasteiger partial charge < -0.3 is 4.90 Å². The molecule has 0 aliphatic heterocycles. The van der Waals surface area contributed by atoms with Crippen molar-refractivity contribution >= 4 is 11.6 Å². The van der Waals surface area contributed by atoms with Gasteiger partial charge in [0.25, 0.3) is 0 Å². The minimum Gasteiger partial charge on any atom is -0.302 e.